The average Bonchev–Trinajstić information content (AvgIpc) is 3.67. The van der Waals surface area contributed by atoms with Crippen LogP contribution in [0.4, 0.5) is 0 Å². The SMILES string of the molecule is CCC(C)(CC)C(=O)/C=C(\O)C(C)(CC)CC.Cc1cc2ccc(-c3oc4c(-c5[c-]c6ccccc6c(C(C)(C)C)c5)nccc4c3C)cc2s1.[Ir]. The number of hydrogen-bond donors (Lipinski definition) is 1. The van der Waals surface area contributed by atoms with E-state index in [1.807, 2.05) is 59.1 Å². The predicted octanol–water partition coefficient (Wildman–Crippen LogP) is 13.9. The van der Waals surface area contributed by atoms with Crippen LogP contribution in [0.2, 0.25) is 0 Å². The van der Waals surface area contributed by atoms with E-state index < -0.39 is 0 Å². The van der Waals surface area contributed by atoms with Crippen LogP contribution < -0.4 is 0 Å². The van der Waals surface area contributed by atoms with Gasteiger partial charge in [-0.25, -0.2) is 0 Å². The van der Waals surface area contributed by atoms with Gasteiger partial charge in [0.2, 0.25) is 0 Å². The van der Waals surface area contributed by atoms with Crippen molar-refractivity contribution in [2.75, 3.05) is 0 Å². The van der Waals surface area contributed by atoms with Crippen molar-refractivity contribution >= 4 is 48.9 Å². The Bertz CT molecular complexity index is 2220. The molecule has 277 valence electrons. The Hall–Kier alpha value is -3.57. The first-order valence-electron chi connectivity index (χ1n) is 18.4. The van der Waals surface area contributed by atoms with Crippen molar-refractivity contribution in [1.29, 1.82) is 0 Å². The van der Waals surface area contributed by atoms with Gasteiger partial charge < -0.3 is 9.52 Å². The van der Waals surface area contributed by atoms with Gasteiger partial charge in [0.25, 0.3) is 0 Å². The number of carbonyl (C=O) groups excluding carboxylic acids is 1. The van der Waals surface area contributed by atoms with Crippen LogP contribution in [0.3, 0.4) is 0 Å². The number of aliphatic hydroxyl groups is 1. The second-order valence-electron chi connectivity index (χ2n) is 15.5. The summed E-state index contributed by atoms with van der Waals surface area (Å²) in [5.41, 5.74) is 5.57. The largest absolute Gasteiger partial charge is 0.512 e. The van der Waals surface area contributed by atoms with Crippen LogP contribution in [0.25, 0.3) is 54.4 Å². The molecule has 1 radical (unpaired) electrons. The van der Waals surface area contributed by atoms with Gasteiger partial charge in [0, 0.05) is 75.0 Å². The molecular formula is C46H54IrNO3S-. The van der Waals surface area contributed by atoms with E-state index in [0.717, 1.165) is 70.2 Å². The Morgan fingerprint density at radius 1 is 0.865 bits per heavy atom. The summed E-state index contributed by atoms with van der Waals surface area (Å²) in [4.78, 5) is 18.3. The number of fused-ring (bicyclic) bond motifs is 3. The number of ketones is 1. The summed E-state index contributed by atoms with van der Waals surface area (Å²) in [6.07, 6.45) is 6.64. The zero-order valence-corrected chi connectivity index (χ0v) is 35.9. The van der Waals surface area contributed by atoms with E-state index in [0.29, 0.717) is 0 Å². The number of benzene rings is 3. The number of aromatic nitrogens is 1. The second-order valence-corrected chi connectivity index (χ2v) is 16.8. The smallest absolute Gasteiger partial charge is 0.164 e. The molecular weight excluding hydrogens is 839 g/mol. The first-order valence-corrected chi connectivity index (χ1v) is 19.2. The Morgan fingerprint density at radius 3 is 2.15 bits per heavy atom. The molecule has 6 rings (SSSR count). The molecule has 52 heavy (non-hydrogen) atoms. The molecule has 1 N–H and O–H groups in total. The molecule has 0 unspecified atom stereocenters. The van der Waals surface area contributed by atoms with Gasteiger partial charge >= 0.3 is 0 Å². The standard InChI is InChI=1S/C31H26NOS.C15H28O2.Ir/c1-18-14-21-10-11-22(17-27(21)34-18)29-19(2)24-12-13-32-28(30(24)33-29)23-15-20-8-6-7-9-25(20)26(16-23)31(3,4)5;1-7-14(5,8-2)12(16)11-13(17)15(6,9-3)10-4;/h6-14,16-17H,1-5H3;11,16H,7-10H2,1-6H3;/q-1;;/b;12-11-;. The number of allylic oxidation sites excluding steroid dienone is 2. The van der Waals surface area contributed by atoms with Crippen molar-refractivity contribution in [3.63, 3.8) is 0 Å². The summed E-state index contributed by atoms with van der Waals surface area (Å²) in [5, 5.41) is 14.9. The van der Waals surface area contributed by atoms with Crippen molar-refractivity contribution in [1.82, 2.24) is 4.98 Å². The molecule has 0 aliphatic carbocycles. The number of nitrogens with zero attached hydrogens (tertiary/aromatic N) is 1. The van der Waals surface area contributed by atoms with E-state index in [1.54, 1.807) is 0 Å². The molecule has 3 aromatic heterocycles. The molecule has 0 saturated heterocycles. The fourth-order valence-corrected chi connectivity index (χ4v) is 7.55. The number of aliphatic hydroxyl groups excluding tert-OH is 1. The van der Waals surface area contributed by atoms with E-state index in [-0.39, 0.29) is 47.9 Å². The summed E-state index contributed by atoms with van der Waals surface area (Å²) in [6.45, 7) is 23.1. The first-order chi connectivity index (χ1) is 24.1. The topological polar surface area (TPSA) is 63.3 Å². The molecule has 6 heteroatoms. The summed E-state index contributed by atoms with van der Waals surface area (Å²) in [7, 11) is 0. The molecule has 0 bridgehead atoms. The van der Waals surface area contributed by atoms with Crippen molar-refractivity contribution in [2.24, 2.45) is 10.8 Å². The van der Waals surface area contributed by atoms with Crippen LogP contribution in [0.15, 0.2) is 83.1 Å². The van der Waals surface area contributed by atoms with Crippen molar-refractivity contribution in [3.8, 4) is 22.6 Å². The van der Waals surface area contributed by atoms with E-state index in [9.17, 15) is 9.90 Å². The van der Waals surface area contributed by atoms with Gasteiger partial charge in [-0.1, -0.05) is 104 Å². The predicted molar refractivity (Wildman–Crippen MR) is 218 cm³/mol. The number of thiophene rings is 1. The normalized spacial score (nSPS) is 12.6. The van der Waals surface area contributed by atoms with E-state index in [4.69, 9.17) is 9.40 Å². The number of furan rings is 1. The molecule has 3 aromatic carbocycles. The van der Waals surface area contributed by atoms with Crippen LogP contribution in [-0.2, 0) is 30.3 Å². The molecule has 4 nitrogen and oxygen atoms in total. The summed E-state index contributed by atoms with van der Waals surface area (Å²) in [6, 6.07) is 25.2. The fourth-order valence-electron chi connectivity index (χ4n) is 6.58. The van der Waals surface area contributed by atoms with Crippen LogP contribution in [-0.4, -0.2) is 15.9 Å². The molecule has 0 aliphatic rings. The summed E-state index contributed by atoms with van der Waals surface area (Å²) in [5.74, 6) is 1.20. The van der Waals surface area contributed by atoms with Gasteiger partial charge in [-0.3, -0.25) is 9.78 Å². The van der Waals surface area contributed by atoms with Crippen LogP contribution in [0.5, 0.6) is 0 Å². The van der Waals surface area contributed by atoms with Gasteiger partial charge in [-0.05, 0) is 68.5 Å². The minimum atomic E-state index is -0.337. The van der Waals surface area contributed by atoms with Crippen LogP contribution in [0.1, 0.15) is 104 Å². The Balaban J connectivity index is 0.000000289. The van der Waals surface area contributed by atoms with Gasteiger partial charge in [0.05, 0.1) is 0 Å². The maximum absolute atomic E-state index is 12.2. The van der Waals surface area contributed by atoms with E-state index in [1.165, 1.54) is 32.0 Å². The quantitative estimate of drug-likeness (QED) is 0.0892. The van der Waals surface area contributed by atoms with Crippen molar-refractivity contribution < 1.29 is 34.4 Å². The molecule has 0 spiro atoms. The monoisotopic (exact) mass is 893 g/mol. The van der Waals surface area contributed by atoms with Gasteiger partial charge in [0.15, 0.2) is 5.78 Å². The number of rotatable bonds is 9. The molecule has 0 amide bonds. The zero-order valence-electron chi connectivity index (χ0n) is 32.7. The zero-order chi connectivity index (χ0) is 37.3. The third kappa shape index (κ3) is 8.15. The number of pyridine rings is 1. The third-order valence-corrected chi connectivity index (χ3v) is 12.2. The minimum absolute atomic E-state index is 0. The maximum Gasteiger partial charge on any atom is 0.164 e. The molecule has 6 aromatic rings. The van der Waals surface area contributed by atoms with Crippen molar-refractivity contribution in [3.05, 3.63) is 101 Å². The summed E-state index contributed by atoms with van der Waals surface area (Å²) < 4.78 is 7.87. The van der Waals surface area contributed by atoms with Crippen LogP contribution >= 0.6 is 11.3 Å². The van der Waals surface area contributed by atoms with Gasteiger partial charge in [-0.15, -0.1) is 40.5 Å². The minimum Gasteiger partial charge on any atom is -0.512 e. The van der Waals surface area contributed by atoms with Crippen molar-refractivity contribution in [2.45, 2.75) is 107 Å². The molecule has 0 fully saturated rings. The molecule has 0 aliphatic heterocycles. The molecule has 3 heterocycles. The fraction of sp³-hybridized carbons (Fsp3) is 0.391. The van der Waals surface area contributed by atoms with Gasteiger partial charge in [0.1, 0.15) is 17.1 Å². The second kappa shape index (κ2) is 16.2. The summed E-state index contributed by atoms with van der Waals surface area (Å²) >= 11 is 1.82. The number of aryl methyl sites for hydroxylation is 2. The Kier molecular flexibility index (Phi) is 12.8. The number of hydrogen-bond acceptors (Lipinski definition) is 5. The Labute approximate surface area is 328 Å². The maximum atomic E-state index is 12.2. The Morgan fingerprint density at radius 2 is 1.52 bits per heavy atom. The van der Waals surface area contributed by atoms with E-state index in [2.05, 4.69) is 101 Å². The number of carbonyl (C=O) groups is 1. The van der Waals surface area contributed by atoms with Gasteiger partial charge in [-0.2, -0.15) is 0 Å². The average molecular weight is 893 g/mol. The van der Waals surface area contributed by atoms with Crippen LogP contribution in [0, 0.1) is 30.7 Å². The van der Waals surface area contributed by atoms with E-state index >= 15 is 0 Å². The third-order valence-electron chi connectivity index (χ3n) is 11.2. The first kappa shape index (κ1) is 41.2. The molecule has 0 saturated carbocycles. The molecule has 0 atom stereocenters.